The van der Waals surface area contributed by atoms with Gasteiger partial charge in [-0.3, -0.25) is 0 Å². The molecule has 4 heteroatoms. The molecule has 2 rings (SSSR count). The summed E-state index contributed by atoms with van der Waals surface area (Å²) >= 11 is 0. The third kappa shape index (κ3) is 2.96. The minimum atomic E-state index is 0.466. The van der Waals surface area contributed by atoms with Gasteiger partial charge in [0.15, 0.2) is 5.89 Å². The molecule has 102 valence electrons. The molecule has 4 nitrogen and oxygen atoms in total. The Bertz CT molecular complexity index is 547. The van der Waals surface area contributed by atoms with Gasteiger partial charge in [0.1, 0.15) is 17.7 Å². The molecule has 0 saturated heterocycles. The molecule has 1 aromatic heterocycles. The molecule has 1 heterocycles. The molecule has 0 aliphatic carbocycles. The molecule has 0 radical (unpaired) electrons. The van der Waals surface area contributed by atoms with Crippen molar-refractivity contribution < 1.29 is 9.15 Å². The third-order valence-corrected chi connectivity index (χ3v) is 3.08. The van der Waals surface area contributed by atoms with E-state index in [4.69, 9.17) is 14.9 Å². The predicted octanol–water partition coefficient (Wildman–Crippen LogP) is 2.97. The molecule has 0 unspecified atom stereocenters. The van der Waals surface area contributed by atoms with Gasteiger partial charge < -0.3 is 14.9 Å². The maximum absolute atomic E-state index is 5.49. The smallest absolute Gasteiger partial charge is 0.195 e. The molecule has 0 fully saturated rings. The van der Waals surface area contributed by atoms with E-state index in [0.717, 1.165) is 17.0 Å². The van der Waals surface area contributed by atoms with Crippen molar-refractivity contribution in [3.8, 4) is 17.0 Å². The lowest BCUT2D eigenvalue weighted by Gasteiger charge is -2.11. The van der Waals surface area contributed by atoms with Crippen LogP contribution < -0.4 is 10.5 Å². The monoisotopic (exact) mass is 260 g/mol. The van der Waals surface area contributed by atoms with Gasteiger partial charge in [0, 0.05) is 18.5 Å². The zero-order chi connectivity index (χ0) is 13.8. The number of ether oxygens (including phenoxy) is 1. The van der Waals surface area contributed by atoms with Crippen molar-refractivity contribution in [1.29, 1.82) is 0 Å². The number of aromatic nitrogens is 1. The summed E-state index contributed by atoms with van der Waals surface area (Å²) in [5, 5.41) is 0. The molecule has 0 aliphatic rings. The Labute approximate surface area is 113 Å². The average molecular weight is 260 g/mol. The number of nitrogens with zero attached hydrogens (tertiary/aromatic N) is 1. The SMILES string of the molecule is COc1cc(C(C)C)ccc1-c1coc(CCN)n1. The number of oxazole rings is 1. The van der Waals surface area contributed by atoms with E-state index >= 15 is 0 Å². The lowest BCUT2D eigenvalue weighted by molar-refractivity contribution is 0.415. The zero-order valence-electron chi connectivity index (χ0n) is 11.6. The fraction of sp³-hybridized carbons (Fsp3) is 0.400. The van der Waals surface area contributed by atoms with Crippen LogP contribution in [0.4, 0.5) is 0 Å². The largest absolute Gasteiger partial charge is 0.496 e. The van der Waals surface area contributed by atoms with Gasteiger partial charge >= 0.3 is 0 Å². The maximum Gasteiger partial charge on any atom is 0.195 e. The van der Waals surface area contributed by atoms with E-state index in [2.05, 4.69) is 31.0 Å². The van der Waals surface area contributed by atoms with E-state index in [1.807, 2.05) is 6.07 Å². The summed E-state index contributed by atoms with van der Waals surface area (Å²) in [7, 11) is 1.67. The molecular formula is C15H20N2O2. The van der Waals surface area contributed by atoms with Crippen LogP contribution in [0.15, 0.2) is 28.9 Å². The first-order chi connectivity index (χ1) is 9.15. The Balaban J connectivity index is 2.37. The quantitative estimate of drug-likeness (QED) is 0.897. The lowest BCUT2D eigenvalue weighted by Crippen LogP contribution is -2.02. The van der Waals surface area contributed by atoms with E-state index in [1.54, 1.807) is 13.4 Å². The summed E-state index contributed by atoms with van der Waals surface area (Å²) in [4.78, 5) is 4.43. The van der Waals surface area contributed by atoms with E-state index < -0.39 is 0 Å². The third-order valence-electron chi connectivity index (χ3n) is 3.08. The number of benzene rings is 1. The molecule has 0 spiro atoms. The first-order valence-corrected chi connectivity index (χ1v) is 6.48. The van der Waals surface area contributed by atoms with Crippen molar-refractivity contribution >= 4 is 0 Å². The Morgan fingerprint density at radius 1 is 1.37 bits per heavy atom. The van der Waals surface area contributed by atoms with E-state index in [-0.39, 0.29) is 0 Å². The highest BCUT2D eigenvalue weighted by Crippen LogP contribution is 2.32. The van der Waals surface area contributed by atoms with Crippen LogP contribution in [0, 0.1) is 0 Å². The van der Waals surface area contributed by atoms with Crippen LogP contribution in [0.25, 0.3) is 11.3 Å². The van der Waals surface area contributed by atoms with Gasteiger partial charge in [-0.1, -0.05) is 19.9 Å². The van der Waals surface area contributed by atoms with Gasteiger partial charge in [-0.2, -0.15) is 0 Å². The normalized spacial score (nSPS) is 11.0. The minimum absolute atomic E-state index is 0.466. The Morgan fingerprint density at radius 2 is 2.16 bits per heavy atom. The second kappa shape index (κ2) is 5.89. The van der Waals surface area contributed by atoms with Gasteiger partial charge in [-0.15, -0.1) is 0 Å². The van der Waals surface area contributed by atoms with Gasteiger partial charge in [0.2, 0.25) is 0 Å². The van der Waals surface area contributed by atoms with Crippen molar-refractivity contribution in [3.63, 3.8) is 0 Å². The highest BCUT2D eigenvalue weighted by Gasteiger charge is 2.12. The fourth-order valence-electron chi connectivity index (χ4n) is 1.95. The molecule has 0 bridgehead atoms. The molecule has 2 N–H and O–H groups in total. The minimum Gasteiger partial charge on any atom is -0.496 e. The van der Waals surface area contributed by atoms with Crippen molar-refractivity contribution in [2.75, 3.05) is 13.7 Å². The van der Waals surface area contributed by atoms with Crippen LogP contribution in [0.2, 0.25) is 0 Å². The predicted molar refractivity (Wildman–Crippen MR) is 75.3 cm³/mol. The number of rotatable bonds is 5. The number of nitrogens with two attached hydrogens (primary N) is 1. The first-order valence-electron chi connectivity index (χ1n) is 6.48. The zero-order valence-corrected chi connectivity index (χ0v) is 11.6. The lowest BCUT2D eigenvalue weighted by atomic mass is 10.00. The molecule has 2 aromatic rings. The summed E-state index contributed by atoms with van der Waals surface area (Å²) < 4.78 is 10.8. The summed E-state index contributed by atoms with van der Waals surface area (Å²) in [6, 6.07) is 6.18. The Kier molecular flexibility index (Phi) is 4.22. The molecule has 19 heavy (non-hydrogen) atoms. The Morgan fingerprint density at radius 3 is 2.79 bits per heavy atom. The average Bonchev–Trinajstić information content (AvgIpc) is 2.86. The second-order valence-corrected chi connectivity index (χ2v) is 4.78. The van der Waals surface area contributed by atoms with Crippen LogP contribution >= 0.6 is 0 Å². The van der Waals surface area contributed by atoms with E-state index in [9.17, 15) is 0 Å². The molecule has 0 atom stereocenters. The number of hydrogen-bond donors (Lipinski definition) is 1. The second-order valence-electron chi connectivity index (χ2n) is 4.78. The maximum atomic E-state index is 5.49. The summed E-state index contributed by atoms with van der Waals surface area (Å²) in [5.74, 6) is 1.94. The van der Waals surface area contributed by atoms with Gasteiger partial charge in [0.25, 0.3) is 0 Å². The number of hydrogen-bond acceptors (Lipinski definition) is 4. The summed E-state index contributed by atoms with van der Waals surface area (Å²) in [6.07, 6.45) is 2.30. The van der Waals surface area contributed by atoms with Gasteiger partial charge in [0.05, 0.1) is 7.11 Å². The highest BCUT2D eigenvalue weighted by atomic mass is 16.5. The van der Waals surface area contributed by atoms with E-state index in [0.29, 0.717) is 24.8 Å². The molecule has 0 saturated carbocycles. The van der Waals surface area contributed by atoms with Crippen LogP contribution in [-0.4, -0.2) is 18.6 Å². The summed E-state index contributed by atoms with van der Waals surface area (Å²) in [5.41, 5.74) is 8.47. The van der Waals surface area contributed by atoms with Crippen molar-refractivity contribution in [2.45, 2.75) is 26.2 Å². The molecule has 1 aromatic carbocycles. The standard InChI is InChI=1S/C15H20N2O2/c1-10(2)11-4-5-12(14(8-11)18-3)13-9-19-15(17-13)6-7-16/h4-5,8-10H,6-7,16H2,1-3H3. The number of methoxy groups -OCH3 is 1. The summed E-state index contributed by atoms with van der Waals surface area (Å²) in [6.45, 7) is 4.84. The van der Waals surface area contributed by atoms with E-state index in [1.165, 1.54) is 5.56 Å². The molecular weight excluding hydrogens is 240 g/mol. The highest BCUT2D eigenvalue weighted by molar-refractivity contribution is 5.67. The van der Waals surface area contributed by atoms with Crippen LogP contribution in [0.3, 0.4) is 0 Å². The van der Waals surface area contributed by atoms with Crippen molar-refractivity contribution in [2.24, 2.45) is 5.73 Å². The topological polar surface area (TPSA) is 61.3 Å². The Hall–Kier alpha value is -1.81. The fourth-order valence-corrected chi connectivity index (χ4v) is 1.95. The first kappa shape index (κ1) is 13.6. The van der Waals surface area contributed by atoms with Gasteiger partial charge in [-0.05, 0) is 23.6 Å². The van der Waals surface area contributed by atoms with Gasteiger partial charge in [-0.25, -0.2) is 4.98 Å². The molecule has 0 amide bonds. The molecule has 0 aliphatic heterocycles. The van der Waals surface area contributed by atoms with Crippen LogP contribution in [0.5, 0.6) is 5.75 Å². The van der Waals surface area contributed by atoms with Crippen molar-refractivity contribution in [1.82, 2.24) is 4.98 Å². The van der Waals surface area contributed by atoms with Crippen LogP contribution in [0.1, 0.15) is 31.2 Å². The van der Waals surface area contributed by atoms with Crippen molar-refractivity contribution in [3.05, 3.63) is 35.9 Å². The van der Waals surface area contributed by atoms with Crippen LogP contribution in [-0.2, 0) is 6.42 Å².